The third-order valence-electron chi connectivity index (χ3n) is 10.4. The van der Waals surface area contributed by atoms with E-state index in [1.807, 2.05) is 39.2 Å². The predicted octanol–water partition coefficient (Wildman–Crippen LogP) is 9.76. The fraction of sp³-hybridized carbons (Fsp3) is 0.341. The van der Waals surface area contributed by atoms with Gasteiger partial charge in [0.15, 0.2) is 0 Å². The minimum atomic E-state index is -0.545. The molecule has 9 nitrogen and oxygen atoms in total. The van der Waals surface area contributed by atoms with Gasteiger partial charge < -0.3 is 24.0 Å². The van der Waals surface area contributed by atoms with Crippen molar-refractivity contribution in [3.05, 3.63) is 102 Å². The van der Waals surface area contributed by atoms with Crippen molar-refractivity contribution in [2.75, 3.05) is 6.54 Å². The summed E-state index contributed by atoms with van der Waals surface area (Å²) in [4.78, 5) is 31.4. The average molecular weight is 667 g/mol. The van der Waals surface area contributed by atoms with E-state index in [0.717, 1.165) is 80.5 Å². The Hall–Kier alpha value is -5.31. The van der Waals surface area contributed by atoms with Crippen molar-refractivity contribution < 1.29 is 14.3 Å². The Morgan fingerprint density at radius 3 is 2.34 bits per heavy atom. The molecule has 0 bridgehead atoms. The molecule has 3 aromatic heterocycles. The summed E-state index contributed by atoms with van der Waals surface area (Å²) in [5.41, 5.74) is 7.84. The molecule has 0 unspecified atom stereocenters. The molecule has 2 fully saturated rings. The Morgan fingerprint density at radius 2 is 1.56 bits per heavy atom. The van der Waals surface area contributed by atoms with Crippen molar-refractivity contribution in [2.45, 2.75) is 83.1 Å². The molecule has 1 saturated carbocycles. The maximum absolute atomic E-state index is 13.0. The molecule has 0 spiro atoms. The van der Waals surface area contributed by atoms with Crippen molar-refractivity contribution in [1.82, 2.24) is 29.4 Å². The maximum atomic E-state index is 13.0. The Balaban J connectivity index is 1.07. The van der Waals surface area contributed by atoms with Gasteiger partial charge in [-0.15, -0.1) is 0 Å². The third-order valence-corrected chi connectivity index (χ3v) is 10.4. The van der Waals surface area contributed by atoms with Gasteiger partial charge in [0.05, 0.1) is 41.0 Å². The van der Waals surface area contributed by atoms with Crippen LogP contribution in [0.5, 0.6) is 5.75 Å². The zero-order valence-corrected chi connectivity index (χ0v) is 28.8. The number of amides is 1. The number of hydrogen-bond donors (Lipinski definition) is 2. The van der Waals surface area contributed by atoms with Gasteiger partial charge in [-0.05, 0) is 76.8 Å². The van der Waals surface area contributed by atoms with Crippen LogP contribution in [0.15, 0.2) is 85.2 Å². The summed E-state index contributed by atoms with van der Waals surface area (Å²) >= 11 is 0. The fourth-order valence-corrected chi connectivity index (χ4v) is 8.00. The largest absolute Gasteiger partial charge is 0.465 e. The monoisotopic (exact) mass is 666 g/mol. The van der Waals surface area contributed by atoms with Crippen molar-refractivity contribution in [1.29, 1.82) is 0 Å². The van der Waals surface area contributed by atoms with Crippen molar-refractivity contribution in [3.63, 3.8) is 0 Å². The first-order chi connectivity index (χ1) is 24.3. The maximum Gasteiger partial charge on any atom is 0.410 e. The number of nitrogens with zero attached hydrogens (tertiary/aromatic N) is 4. The van der Waals surface area contributed by atoms with Gasteiger partial charge in [-0.2, -0.15) is 0 Å². The van der Waals surface area contributed by atoms with Gasteiger partial charge in [0.1, 0.15) is 23.0 Å². The summed E-state index contributed by atoms with van der Waals surface area (Å²) in [6.45, 7) is 6.35. The molecule has 1 amide bonds. The van der Waals surface area contributed by atoms with Gasteiger partial charge in [-0.1, -0.05) is 55.3 Å². The highest BCUT2D eigenvalue weighted by Gasteiger charge is 2.35. The lowest BCUT2D eigenvalue weighted by atomic mass is 10.0. The second kappa shape index (κ2) is 11.9. The first-order valence-corrected chi connectivity index (χ1v) is 17.9. The molecule has 0 radical (unpaired) electrons. The lowest BCUT2D eigenvalue weighted by Gasteiger charge is -2.30. The van der Waals surface area contributed by atoms with Crippen LogP contribution in [0.25, 0.3) is 44.7 Å². The van der Waals surface area contributed by atoms with Gasteiger partial charge in [0.25, 0.3) is 0 Å². The molecular formula is C41H42N6O3. The van der Waals surface area contributed by atoms with E-state index < -0.39 is 5.60 Å². The topological polar surface area (TPSA) is 101 Å². The van der Waals surface area contributed by atoms with Crippen molar-refractivity contribution >= 4 is 17.0 Å². The van der Waals surface area contributed by atoms with E-state index in [1.54, 1.807) is 4.90 Å². The minimum Gasteiger partial charge on any atom is -0.465 e. The van der Waals surface area contributed by atoms with Gasteiger partial charge in [-0.3, -0.25) is 4.90 Å². The van der Waals surface area contributed by atoms with Gasteiger partial charge in [-0.25, -0.2) is 14.8 Å². The molecule has 1 saturated heterocycles. The Labute approximate surface area is 291 Å². The standard InChI is InChI=1S/C41H42N6O3/c1-41(2,3)50-40(48)46-19-9-14-34(46)38-43-24-31(45-38)27-16-18-33-29(20-27)21-35-30-17-15-28(32-23-42-37(44-32)25-10-7-8-11-25)22-36(30)49-39(47(33)35)26-12-5-4-6-13-26/h4-6,12-13,15-18,20-25,34,39H,7-11,14,19H2,1-3H3,(H,42,44)(H,43,45)/t34-,39-/m0/s1. The SMILES string of the molecule is CC(C)(C)OC(=O)N1CCC[C@H]1c1ncc(-c2ccc3c(c2)cc2n3[C@H](c3ccccc3)Oc3cc(-c4cnc(C5CCCC5)[nH]4)ccc3-2)[nH]1. The molecule has 9 heteroatoms. The second-order valence-electron chi connectivity index (χ2n) is 14.9. The number of likely N-dealkylation sites (tertiary alicyclic amines) is 1. The summed E-state index contributed by atoms with van der Waals surface area (Å²) in [5, 5.41) is 1.11. The molecule has 2 N–H and O–H groups in total. The highest BCUT2D eigenvalue weighted by atomic mass is 16.6. The number of aromatic nitrogens is 5. The molecule has 50 heavy (non-hydrogen) atoms. The first-order valence-electron chi connectivity index (χ1n) is 17.9. The number of carbonyl (C=O) groups is 1. The highest BCUT2D eigenvalue weighted by Crippen LogP contribution is 2.46. The number of fused-ring (bicyclic) bond motifs is 5. The van der Waals surface area contributed by atoms with E-state index in [-0.39, 0.29) is 18.4 Å². The summed E-state index contributed by atoms with van der Waals surface area (Å²) in [5.74, 6) is 3.27. The van der Waals surface area contributed by atoms with Crippen LogP contribution in [0.1, 0.15) is 94.7 Å². The lowest BCUT2D eigenvalue weighted by Crippen LogP contribution is -2.36. The molecule has 1 aliphatic carbocycles. The number of imidazole rings is 2. The van der Waals surface area contributed by atoms with Gasteiger partial charge in [0, 0.05) is 40.1 Å². The van der Waals surface area contributed by atoms with Crippen LogP contribution in [-0.2, 0) is 4.74 Å². The smallest absolute Gasteiger partial charge is 0.410 e. The molecular weight excluding hydrogens is 624 g/mol. The number of H-pyrrole nitrogens is 2. The number of ether oxygens (including phenoxy) is 2. The molecule has 254 valence electrons. The highest BCUT2D eigenvalue weighted by molar-refractivity contribution is 5.92. The molecule has 3 aliphatic rings. The van der Waals surface area contributed by atoms with Crippen LogP contribution >= 0.6 is 0 Å². The first kappa shape index (κ1) is 30.7. The second-order valence-corrected chi connectivity index (χ2v) is 14.9. The molecule has 6 aromatic rings. The van der Waals surface area contributed by atoms with Crippen molar-refractivity contribution in [2.24, 2.45) is 0 Å². The predicted molar refractivity (Wildman–Crippen MR) is 194 cm³/mol. The van der Waals surface area contributed by atoms with Crippen LogP contribution in [0.3, 0.4) is 0 Å². The van der Waals surface area contributed by atoms with E-state index in [1.165, 1.54) is 25.7 Å². The Morgan fingerprint density at radius 1 is 0.840 bits per heavy atom. The Bertz CT molecular complexity index is 2200. The molecule has 3 aromatic carbocycles. The van der Waals surface area contributed by atoms with E-state index in [9.17, 15) is 4.79 Å². The van der Waals surface area contributed by atoms with E-state index in [2.05, 4.69) is 81.3 Å². The number of hydrogen-bond acceptors (Lipinski definition) is 5. The number of benzene rings is 3. The van der Waals surface area contributed by atoms with Gasteiger partial charge in [0.2, 0.25) is 6.23 Å². The molecule has 2 aliphatic heterocycles. The normalized spacial score (nSPS) is 19.1. The van der Waals surface area contributed by atoms with Gasteiger partial charge >= 0.3 is 6.09 Å². The number of aromatic amines is 2. The van der Waals surface area contributed by atoms with Crippen LogP contribution in [0, 0.1) is 0 Å². The van der Waals surface area contributed by atoms with Crippen LogP contribution in [0.4, 0.5) is 4.79 Å². The van der Waals surface area contributed by atoms with Crippen LogP contribution in [0.2, 0.25) is 0 Å². The van der Waals surface area contributed by atoms with Crippen LogP contribution in [-0.4, -0.2) is 47.6 Å². The quantitative estimate of drug-likeness (QED) is 0.191. The number of carbonyl (C=O) groups excluding carboxylic acids is 1. The molecule has 5 heterocycles. The zero-order chi connectivity index (χ0) is 34.0. The molecule has 2 atom stereocenters. The zero-order valence-electron chi connectivity index (χ0n) is 28.8. The minimum absolute atomic E-state index is 0.134. The van der Waals surface area contributed by atoms with E-state index in [0.29, 0.717) is 12.5 Å². The Kier molecular flexibility index (Phi) is 7.33. The summed E-state index contributed by atoms with van der Waals surface area (Å²) in [6, 6.07) is 25.6. The summed E-state index contributed by atoms with van der Waals surface area (Å²) in [7, 11) is 0. The van der Waals surface area contributed by atoms with Crippen molar-refractivity contribution in [3.8, 4) is 39.5 Å². The number of rotatable bonds is 5. The average Bonchev–Trinajstić information content (AvgIpc) is 3.96. The molecule has 9 rings (SSSR count). The fourth-order valence-electron chi connectivity index (χ4n) is 8.00. The summed E-state index contributed by atoms with van der Waals surface area (Å²) < 4.78 is 14.9. The van der Waals surface area contributed by atoms with Crippen LogP contribution < -0.4 is 4.74 Å². The lowest BCUT2D eigenvalue weighted by molar-refractivity contribution is 0.0218. The number of nitrogens with one attached hydrogen (secondary N) is 2. The van der Waals surface area contributed by atoms with E-state index >= 15 is 0 Å². The third kappa shape index (κ3) is 5.45. The summed E-state index contributed by atoms with van der Waals surface area (Å²) in [6.07, 6.45) is 9.96. The van der Waals surface area contributed by atoms with E-state index in [4.69, 9.17) is 19.4 Å².